The third-order valence-electron chi connectivity index (χ3n) is 3.26. The van der Waals surface area contributed by atoms with Crippen LogP contribution in [-0.2, 0) is 11.8 Å². The standard InChI is InChI=1S/C12H14F3NO/c13-12(14,15)10-4-2-1-3-9(10)11(17,7-16)8-5-6-8/h1-4,8,17H,5-7,16H2. The molecule has 1 aromatic carbocycles. The van der Waals surface area contributed by atoms with Gasteiger partial charge in [0, 0.05) is 6.54 Å². The summed E-state index contributed by atoms with van der Waals surface area (Å²) in [5, 5.41) is 10.4. The molecule has 5 heteroatoms. The molecule has 17 heavy (non-hydrogen) atoms. The maximum absolute atomic E-state index is 12.8. The van der Waals surface area contributed by atoms with Crippen LogP contribution in [0.25, 0.3) is 0 Å². The molecule has 0 radical (unpaired) electrons. The normalized spacial score (nSPS) is 20.1. The molecule has 1 saturated carbocycles. The summed E-state index contributed by atoms with van der Waals surface area (Å²) < 4.78 is 38.5. The average molecular weight is 245 g/mol. The minimum atomic E-state index is -4.46. The van der Waals surface area contributed by atoms with Crippen molar-refractivity contribution < 1.29 is 18.3 Å². The molecule has 1 unspecified atom stereocenters. The molecule has 1 fully saturated rings. The van der Waals surface area contributed by atoms with Gasteiger partial charge in [-0.2, -0.15) is 13.2 Å². The highest BCUT2D eigenvalue weighted by molar-refractivity contribution is 5.36. The summed E-state index contributed by atoms with van der Waals surface area (Å²) in [5.41, 5.74) is 3.03. The van der Waals surface area contributed by atoms with E-state index in [0.29, 0.717) is 0 Å². The number of nitrogens with two attached hydrogens (primary N) is 1. The summed E-state index contributed by atoms with van der Waals surface area (Å²) in [6.45, 7) is -0.190. The fraction of sp³-hybridized carbons (Fsp3) is 0.500. The average Bonchev–Trinajstić information content (AvgIpc) is 3.11. The van der Waals surface area contributed by atoms with Crippen LogP contribution in [-0.4, -0.2) is 11.7 Å². The van der Waals surface area contributed by atoms with Gasteiger partial charge in [0.1, 0.15) is 5.60 Å². The minimum absolute atomic E-state index is 0.0995. The topological polar surface area (TPSA) is 46.2 Å². The molecule has 0 aromatic heterocycles. The molecule has 2 rings (SSSR count). The Balaban J connectivity index is 2.50. The summed E-state index contributed by atoms with van der Waals surface area (Å²) in [6.07, 6.45) is -3.02. The van der Waals surface area contributed by atoms with E-state index in [2.05, 4.69) is 0 Å². The molecule has 1 aliphatic rings. The van der Waals surface area contributed by atoms with Gasteiger partial charge in [-0.25, -0.2) is 0 Å². The number of benzene rings is 1. The highest BCUT2D eigenvalue weighted by Crippen LogP contribution is 2.48. The Kier molecular flexibility index (Phi) is 2.91. The van der Waals surface area contributed by atoms with Crippen LogP contribution in [0.2, 0.25) is 0 Å². The first-order valence-corrected chi connectivity index (χ1v) is 5.48. The smallest absolute Gasteiger partial charge is 0.384 e. The van der Waals surface area contributed by atoms with Crippen LogP contribution in [0, 0.1) is 5.92 Å². The van der Waals surface area contributed by atoms with Gasteiger partial charge in [0.05, 0.1) is 5.56 Å². The monoisotopic (exact) mass is 245 g/mol. The number of alkyl halides is 3. The zero-order valence-corrected chi connectivity index (χ0v) is 9.17. The van der Waals surface area contributed by atoms with Crippen molar-refractivity contribution >= 4 is 0 Å². The molecule has 2 nitrogen and oxygen atoms in total. The van der Waals surface area contributed by atoms with Crippen molar-refractivity contribution in [3.8, 4) is 0 Å². The fourth-order valence-corrected chi connectivity index (χ4v) is 2.17. The van der Waals surface area contributed by atoms with E-state index in [-0.39, 0.29) is 18.0 Å². The van der Waals surface area contributed by atoms with E-state index in [1.807, 2.05) is 0 Å². The van der Waals surface area contributed by atoms with Crippen molar-refractivity contribution in [2.75, 3.05) is 6.54 Å². The maximum Gasteiger partial charge on any atom is 0.416 e. The Morgan fingerprint density at radius 3 is 2.12 bits per heavy atom. The van der Waals surface area contributed by atoms with E-state index in [1.165, 1.54) is 18.2 Å². The third kappa shape index (κ3) is 2.17. The van der Waals surface area contributed by atoms with Crippen molar-refractivity contribution in [2.24, 2.45) is 11.7 Å². The van der Waals surface area contributed by atoms with Crippen LogP contribution in [0.5, 0.6) is 0 Å². The van der Waals surface area contributed by atoms with Crippen molar-refractivity contribution in [1.29, 1.82) is 0 Å². The van der Waals surface area contributed by atoms with Crippen LogP contribution in [0.4, 0.5) is 13.2 Å². The zero-order chi connectivity index (χ0) is 12.7. The number of rotatable bonds is 3. The molecule has 94 valence electrons. The van der Waals surface area contributed by atoms with Crippen molar-refractivity contribution in [3.05, 3.63) is 35.4 Å². The molecule has 1 atom stereocenters. The molecular weight excluding hydrogens is 231 g/mol. The van der Waals surface area contributed by atoms with Crippen LogP contribution in [0.1, 0.15) is 24.0 Å². The molecule has 0 heterocycles. The second kappa shape index (κ2) is 3.99. The van der Waals surface area contributed by atoms with Crippen LogP contribution in [0.15, 0.2) is 24.3 Å². The second-order valence-electron chi connectivity index (χ2n) is 4.45. The lowest BCUT2D eigenvalue weighted by Gasteiger charge is -2.29. The second-order valence-corrected chi connectivity index (χ2v) is 4.45. The first kappa shape index (κ1) is 12.4. The number of halogens is 3. The molecule has 1 aliphatic carbocycles. The van der Waals surface area contributed by atoms with E-state index in [0.717, 1.165) is 18.9 Å². The lowest BCUT2D eigenvalue weighted by molar-refractivity contribution is -0.141. The first-order chi connectivity index (χ1) is 7.89. The van der Waals surface area contributed by atoms with Gasteiger partial charge < -0.3 is 10.8 Å². The number of hydrogen-bond donors (Lipinski definition) is 2. The minimum Gasteiger partial charge on any atom is -0.384 e. The Morgan fingerprint density at radius 1 is 1.18 bits per heavy atom. The number of hydrogen-bond acceptors (Lipinski definition) is 2. The molecule has 1 aromatic rings. The molecule has 0 spiro atoms. The van der Waals surface area contributed by atoms with Gasteiger partial charge in [0.25, 0.3) is 0 Å². The van der Waals surface area contributed by atoms with Gasteiger partial charge in [-0.15, -0.1) is 0 Å². The number of aliphatic hydroxyl groups is 1. The Hall–Kier alpha value is -1.07. The molecule has 0 bridgehead atoms. The Morgan fingerprint density at radius 2 is 1.71 bits per heavy atom. The zero-order valence-electron chi connectivity index (χ0n) is 9.17. The molecule has 3 N–H and O–H groups in total. The highest BCUT2D eigenvalue weighted by atomic mass is 19.4. The largest absolute Gasteiger partial charge is 0.416 e. The molecular formula is C12H14F3NO. The van der Waals surface area contributed by atoms with E-state index in [1.54, 1.807) is 0 Å². The third-order valence-corrected chi connectivity index (χ3v) is 3.26. The quantitative estimate of drug-likeness (QED) is 0.858. The molecule has 0 aliphatic heterocycles. The van der Waals surface area contributed by atoms with E-state index < -0.39 is 17.3 Å². The van der Waals surface area contributed by atoms with Crippen LogP contribution < -0.4 is 5.73 Å². The van der Waals surface area contributed by atoms with Gasteiger partial charge in [-0.3, -0.25) is 0 Å². The van der Waals surface area contributed by atoms with Gasteiger partial charge in [-0.1, -0.05) is 18.2 Å². The summed E-state index contributed by atoms with van der Waals surface area (Å²) in [4.78, 5) is 0. The van der Waals surface area contributed by atoms with Gasteiger partial charge in [0.2, 0.25) is 0 Å². The Bertz CT molecular complexity index is 414. The van der Waals surface area contributed by atoms with Gasteiger partial charge in [-0.05, 0) is 30.4 Å². The van der Waals surface area contributed by atoms with E-state index in [4.69, 9.17) is 5.73 Å². The first-order valence-electron chi connectivity index (χ1n) is 5.48. The summed E-state index contributed by atoms with van der Waals surface area (Å²) in [5.74, 6) is -0.156. The van der Waals surface area contributed by atoms with Gasteiger partial charge in [0.15, 0.2) is 0 Å². The predicted octanol–water partition coefficient (Wildman–Crippen LogP) is 2.26. The summed E-state index contributed by atoms with van der Waals surface area (Å²) in [7, 11) is 0. The fourth-order valence-electron chi connectivity index (χ4n) is 2.17. The predicted molar refractivity (Wildman–Crippen MR) is 57.1 cm³/mol. The lowest BCUT2D eigenvalue weighted by Crippen LogP contribution is -2.39. The molecule has 0 saturated heterocycles. The van der Waals surface area contributed by atoms with Crippen LogP contribution in [0.3, 0.4) is 0 Å². The summed E-state index contributed by atoms with van der Waals surface area (Å²) >= 11 is 0. The van der Waals surface area contributed by atoms with E-state index >= 15 is 0 Å². The van der Waals surface area contributed by atoms with Crippen molar-refractivity contribution in [1.82, 2.24) is 0 Å². The maximum atomic E-state index is 12.8. The van der Waals surface area contributed by atoms with Crippen molar-refractivity contribution in [3.63, 3.8) is 0 Å². The summed E-state index contributed by atoms with van der Waals surface area (Å²) in [6, 6.07) is 5.11. The Labute approximate surface area is 97.2 Å². The van der Waals surface area contributed by atoms with Gasteiger partial charge >= 0.3 is 6.18 Å². The highest BCUT2D eigenvalue weighted by Gasteiger charge is 2.48. The van der Waals surface area contributed by atoms with Crippen LogP contribution >= 0.6 is 0 Å². The SMILES string of the molecule is NCC(O)(c1ccccc1C(F)(F)F)C1CC1. The lowest BCUT2D eigenvalue weighted by atomic mass is 9.85. The molecule has 0 amide bonds. The van der Waals surface area contributed by atoms with Crippen molar-refractivity contribution in [2.45, 2.75) is 24.6 Å². The van der Waals surface area contributed by atoms with E-state index in [9.17, 15) is 18.3 Å².